The average Bonchev–Trinajstić information content (AvgIpc) is 3.35. The number of hydrogen-bond donors (Lipinski definition) is 0. The summed E-state index contributed by atoms with van der Waals surface area (Å²) in [6.07, 6.45) is 0.897. The minimum absolute atomic E-state index is 0.104. The molecule has 10 heteroatoms. The number of aromatic nitrogens is 4. The smallest absolute Gasteiger partial charge is 0.269 e. The fourth-order valence-corrected chi connectivity index (χ4v) is 4.28. The Morgan fingerprint density at radius 3 is 2.26 bits per heavy atom. The highest BCUT2D eigenvalue weighted by molar-refractivity contribution is 5.51. The first kappa shape index (κ1) is 23.6. The highest BCUT2D eigenvalue weighted by Crippen LogP contribution is 2.33. The molecule has 0 bridgehead atoms. The Hall–Kier alpha value is -3.53. The first-order valence-corrected chi connectivity index (χ1v) is 11.5. The Bertz CT molecular complexity index is 1100. The lowest BCUT2D eigenvalue weighted by Crippen LogP contribution is -2.48. The van der Waals surface area contributed by atoms with Crippen molar-refractivity contribution >= 4 is 11.4 Å². The number of non-ortho nitro benzene ring substituents is 1. The number of ether oxygens (including phenoxy) is 1. The molecule has 10 nitrogen and oxygen atoms in total. The molecule has 0 aliphatic carbocycles. The van der Waals surface area contributed by atoms with Gasteiger partial charge in [-0.25, -0.2) is 4.68 Å². The zero-order valence-electron chi connectivity index (χ0n) is 20.1. The molecule has 0 spiro atoms. The molecule has 1 atom stereocenters. The van der Waals surface area contributed by atoms with Crippen molar-refractivity contribution in [3.05, 3.63) is 70.0 Å². The van der Waals surface area contributed by atoms with Gasteiger partial charge in [-0.1, -0.05) is 19.1 Å². The lowest BCUT2D eigenvalue weighted by atomic mass is 9.99. The second kappa shape index (κ2) is 9.76. The molecular weight excluding hydrogens is 434 g/mol. The Morgan fingerprint density at radius 2 is 1.71 bits per heavy atom. The third kappa shape index (κ3) is 4.72. The van der Waals surface area contributed by atoms with Crippen molar-refractivity contribution in [2.24, 2.45) is 0 Å². The van der Waals surface area contributed by atoms with Crippen LogP contribution in [0.1, 0.15) is 44.6 Å². The summed E-state index contributed by atoms with van der Waals surface area (Å²) in [7, 11) is 1.66. The molecular formula is C24H31N7O3. The van der Waals surface area contributed by atoms with E-state index in [2.05, 4.69) is 58.2 Å². The first-order valence-electron chi connectivity index (χ1n) is 11.5. The summed E-state index contributed by atoms with van der Waals surface area (Å²) in [6.45, 7) is 9.61. The summed E-state index contributed by atoms with van der Waals surface area (Å²) in [6, 6.07) is 14.7. The fraction of sp³-hybridized carbons (Fsp3) is 0.458. The standard InChI is InChI=1S/C24H31N7O3/c1-5-24(2,3)30-23(25-26-27-30)22(18-6-12-21(34-4)13-7-18)29-16-14-28(15-17-29)19-8-10-20(11-9-19)31(32)33/h6-13,22H,5,14-17H2,1-4H3. The van der Waals surface area contributed by atoms with Gasteiger partial charge < -0.3 is 9.64 Å². The van der Waals surface area contributed by atoms with Crippen molar-refractivity contribution in [1.29, 1.82) is 0 Å². The van der Waals surface area contributed by atoms with Gasteiger partial charge in [-0.15, -0.1) is 5.10 Å². The van der Waals surface area contributed by atoms with Crippen LogP contribution in [0, 0.1) is 10.1 Å². The van der Waals surface area contributed by atoms with Crippen molar-refractivity contribution in [2.75, 3.05) is 38.2 Å². The van der Waals surface area contributed by atoms with Gasteiger partial charge in [0.1, 0.15) is 5.75 Å². The zero-order valence-corrected chi connectivity index (χ0v) is 20.1. The molecule has 1 aliphatic rings. The molecule has 3 aromatic rings. The van der Waals surface area contributed by atoms with Crippen LogP contribution in [-0.2, 0) is 5.54 Å². The molecule has 1 aliphatic heterocycles. The molecule has 0 N–H and O–H groups in total. The topological polar surface area (TPSA) is 102 Å². The number of anilines is 1. The third-order valence-electron chi connectivity index (χ3n) is 6.71. The molecule has 34 heavy (non-hydrogen) atoms. The summed E-state index contributed by atoms with van der Waals surface area (Å²) in [4.78, 5) is 15.3. The van der Waals surface area contributed by atoms with Gasteiger partial charge in [0.25, 0.3) is 5.69 Å². The van der Waals surface area contributed by atoms with Gasteiger partial charge in [0, 0.05) is 44.0 Å². The number of nitro groups is 1. The Balaban J connectivity index is 1.61. The average molecular weight is 466 g/mol. The number of piperazine rings is 1. The van der Waals surface area contributed by atoms with E-state index >= 15 is 0 Å². The van der Waals surface area contributed by atoms with E-state index in [9.17, 15) is 10.1 Å². The van der Waals surface area contributed by atoms with Gasteiger partial charge in [0.15, 0.2) is 5.82 Å². The minimum Gasteiger partial charge on any atom is -0.497 e. The van der Waals surface area contributed by atoms with E-state index in [0.29, 0.717) is 0 Å². The fourth-order valence-electron chi connectivity index (χ4n) is 4.28. The zero-order chi connectivity index (χ0) is 24.3. The van der Waals surface area contributed by atoms with Crippen molar-refractivity contribution in [2.45, 2.75) is 38.8 Å². The number of methoxy groups -OCH3 is 1. The van der Waals surface area contributed by atoms with Crippen LogP contribution < -0.4 is 9.64 Å². The molecule has 2 heterocycles. The van der Waals surface area contributed by atoms with E-state index in [0.717, 1.165) is 55.4 Å². The number of nitrogens with zero attached hydrogens (tertiary/aromatic N) is 7. The van der Waals surface area contributed by atoms with Crippen LogP contribution in [-0.4, -0.2) is 63.3 Å². The van der Waals surface area contributed by atoms with E-state index in [1.165, 1.54) is 0 Å². The largest absolute Gasteiger partial charge is 0.497 e. The third-order valence-corrected chi connectivity index (χ3v) is 6.71. The molecule has 180 valence electrons. The van der Waals surface area contributed by atoms with E-state index < -0.39 is 0 Å². The Morgan fingerprint density at radius 1 is 1.06 bits per heavy atom. The molecule has 2 aromatic carbocycles. The van der Waals surface area contributed by atoms with Crippen LogP contribution in [0.25, 0.3) is 0 Å². The number of nitro benzene ring substituents is 1. The Kier molecular flexibility index (Phi) is 6.78. The molecule has 1 aromatic heterocycles. The van der Waals surface area contributed by atoms with Gasteiger partial charge in [0.2, 0.25) is 0 Å². The van der Waals surface area contributed by atoms with Crippen LogP contribution in [0.3, 0.4) is 0 Å². The maximum Gasteiger partial charge on any atom is 0.269 e. The quantitative estimate of drug-likeness (QED) is 0.367. The predicted molar refractivity (Wildman–Crippen MR) is 129 cm³/mol. The lowest BCUT2D eigenvalue weighted by molar-refractivity contribution is -0.384. The van der Waals surface area contributed by atoms with Crippen LogP contribution in [0.4, 0.5) is 11.4 Å². The molecule has 1 fully saturated rings. The van der Waals surface area contributed by atoms with E-state index in [-0.39, 0.29) is 22.2 Å². The van der Waals surface area contributed by atoms with Crippen LogP contribution in [0.5, 0.6) is 5.75 Å². The molecule has 1 saturated heterocycles. The van der Waals surface area contributed by atoms with Gasteiger partial charge in [0.05, 0.1) is 23.6 Å². The molecule has 0 amide bonds. The first-order chi connectivity index (χ1) is 16.3. The monoisotopic (exact) mass is 465 g/mol. The molecule has 0 radical (unpaired) electrons. The number of hydrogen-bond acceptors (Lipinski definition) is 8. The van der Waals surface area contributed by atoms with Crippen LogP contribution in [0.15, 0.2) is 48.5 Å². The van der Waals surface area contributed by atoms with Crippen molar-refractivity contribution < 1.29 is 9.66 Å². The normalized spacial score (nSPS) is 15.8. The highest BCUT2D eigenvalue weighted by Gasteiger charge is 2.34. The number of tetrazole rings is 1. The summed E-state index contributed by atoms with van der Waals surface area (Å²) in [5.41, 5.74) is 1.98. The van der Waals surface area contributed by atoms with E-state index in [4.69, 9.17) is 4.74 Å². The maximum atomic E-state index is 11.0. The molecule has 1 unspecified atom stereocenters. The van der Waals surface area contributed by atoms with Crippen molar-refractivity contribution in [3.8, 4) is 5.75 Å². The number of rotatable bonds is 8. The minimum atomic E-state index is -0.372. The summed E-state index contributed by atoms with van der Waals surface area (Å²) in [5.74, 6) is 1.62. The second-order valence-electron chi connectivity index (χ2n) is 9.09. The summed E-state index contributed by atoms with van der Waals surface area (Å²) in [5, 5.41) is 23.9. The van der Waals surface area contributed by atoms with Crippen molar-refractivity contribution in [1.82, 2.24) is 25.1 Å². The maximum absolute atomic E-state index is 11.0. The number of benzene rings is 2. The SMILES string of the molecule is CCC(C)(C)n1nnnc1C(c1ccc(OC)cc1)N1CCN(c2ccc([N+](=O)[O-])cc2)CC1. The van der Waals surface area contributed by atoms with Crippen molar-refractivity contribution in [3.63, 3.8) is 0 Å². The van der Waals surface area contributed by atoms with Gasteiger partial charge in [-0.3, -0.25) is 15.0 Å². The lowest BCUT2D eigenvalue weighted by Gasteiger charge is -2.40. The Labute approximate surface area is 199 Å². The van der Waals surface area contributed by atoms with Gasteiger partial charge >= 0.3 is 0 Å². The second-order valence-corrected chi connectivity index (χ2v) is 9.09. The summed E-state index contributed by atoms with van der Waals surface area (Å²) < 4.78 is 7.31. The van der Waals surface area contributed by atoms with Crippen LogP contribution in [0.2, 0.25) is 0 Å². The van der Waals surface area contributed by atoms with Gasteiger partial charge in [-0.2, -0.15) is 0 Å². The van der Waals surface area contributed by atoms with E-state index in [1.807, 2.05) is 28.9 Å². The summed E-state index contributed by atoms with van der Waals surface area (Å²) >= 11 is 0. The molecule has 4 rings (SSSR count). The van der Waals surface area contributed by atoms with Gasteiger partial charge in [-0.05, 0) is 60.5 Å². The molecule has 0 saturated carbocycles. The predicted octanol–water partition coefficient (Wildman–Crippen LogP) is 3.65. The highest BCUT2D eigenvalue weighted by atomic mass is 16.6. The van der Waals surface area contributed by atoms with Crippen LogP contribution >= 0.6 is 0 Å². The van der Waals surface area contributed by atoms with E-state index in [1.54, 1.807) is 19.2 Å².